The van der Waals surface area contributed by atoms with Crippen LogP contribution in [0.4, 0.5) is 0 Å². The lowest BCUT2D eigenvalue weighted by Crippen LogP contribution is -2.34. The van der Waals surface area contributed by atoms with Crippen LogP contribution in [0.15, 0.2) is 78.9 Å². The Morgan fingerprint density at radius 2 is 1.29 bits per heavy atom. The first-order chi connectivity index (χ1) is 13.8. The molecular weight excluding hydrogens is 342 g/mol. The fourth-order valence-electron chi connectivity index (χ4n) is 4.77. The van der Waals surface area contributed by atoms with Gasteiger partial charge in [-0.15, -0.1) is 0 Å². The molecule has 1 fully saturated rings. The molecule has 1 N–H and O–H groups in total. The second-order valence-corrected chi connectivity index (χ2v) is 7.79. The molecule has 0 aromatic heterocycles. The summed E-state index contributed by atoms with van der Waals surface area (Å²) in [5.41, 5.74) is 2.32. The normalized spacial score (nSPS) is 16.4. The van der Waals surface area contributed by atoms with E-state index in [0.717, 1.165) is 24.0 Å². The van der Waals surface area contributed by atoms with Crippen LogP contribution in [-0.4, -0.2) is 23.1 Å². The van der Waals surface area contributed by atoms with Crippen LogP contribution >= 0.6 is 0 Å². The van der Waals surface area contributed by atoms with Crippen molar-refractivity contribution < 1.29 is 5.11 Å². The van der Waals surface area contributed by atoms with Crippen LogP contribution in [0.25, 0.3) is 21.5 Å². The highest BCUT2D eigenvalue weighted by molar-refractivity contribution is 5.91. The van der Waals surface area contributed by atoms with Gasteiger partial charge in [-0.1, -0.05) is 79.2 Å². The fraction of sp³-hybridized carbons (Fsp3) is 0.231. The van der Waals surface area contributed by atoms with Gasteiger partial charge in [-0.05, 0) is 59.1 Å². The van der Waals surface area contributed by atoms with Crippen molar-refractivity contribution in [2.24, 2.45) is 0 Å². The number of phenolic OH excluding ortho intramolecular Hbond substituents is 1. The third-order valence-electron chi connectivity index (χ3n) is 6.09. The van der Waals surface area contributed by atoms with Gasteiger partial charge in [0.05, 0.1) is 6.04 Å². The summed E-state index contributed by atoms with van der Waals surface area (Å²) < 4.78 is 0. The molecule has 1 aliphatic rings. The Labute approximate surface area is 166 Å². The van der Waals surface area contributed by atoms with E-state index in [0.29, 0.717) is 5.75 Å². The summed E-state index contributed by atoms with van der Waals surface area (Å²) in [6.07, 6.45) is 3.72. The van der Waals surface area contributed by atoms with E-state index in [1.807, 2.05) is 12.1 Å². The molecule has 5 rings (SSSR count). The Balaban J connectivity index is 1.80. The summed E-state index contributed by atoms with van der Waals surface area (Å²) in [4.78, 5) is 2.56. The van der Waals surface area contributed by atoms with Crippen LogP contribution in [0.1, 0.15) is 36.4 Å². The number of aromatic hydroxyl groups is 1. The number of likely N-dealkylation sites (tertiary alicyclic amines) is 1. The van der Waals surface area contributed by atoms with Gasteiger partial charge in [0.2, 0.25) is 0 Å². The maximum Gasteiger partial charge on any atom is 0.121 e. The fourth-order valence-corrected chi connectivity index (χ4v) is 4.77. The Bertz CT molecular complexity index is 1120. The SMILES string of the molecule is Oc1ccc2ccccc2c1[C@H](c1cccc2ccccc12)N1CCCCC1. The second-order valence-electron chi connectivity index (χ2n) is 7.79. The van der Waals surface area contributed by atoms with Crippen LogP contribution in [0, 0.1) is 0 Å². The molecule has 4 aromatic carbocycles. The van der Waals surface area contributed by atoms with Gasteiger partial charge in [0.15, 0.2) is 0 Å². The monoisotopic (exact) mass is 367 g/mol. The van der Waals surface area contributed by atoms with E-state index < -0.39 is 0 Å². The molecule has 4 aromatic rings. The third kappa shape index (κ3) is 2.94. The zero-order chi connectivity index (χ0) is 18.9. The van der Waals surface area contributed by atoms with Crippen molar-refractivity contribution in [1.82, 2.24) is 4.90 Å². The molecule has 0 spiro atoms. The average molecular weight is 367 g/mol. The van der Waals surface area contributed by atoms with Crippen molar-refractivity contribution in [2.75, 3.05) is 13.1 Å². The summed E-state index contributed by atoms with van der Waals surface area (Å²) in [5, 5.41) is 15.9. The molecule has 0 bridgehead atoms. The Morgan fingerprint density at radius 3 is 2.07 bits per heavy atom. The number of rotatable bonds is 3. The highest BCUT2D eigenvalue weighted by atomic mass is 16.3. The number of nitrogens with zero attached hydrogens (tertiary/aromatic N) is 1. The lowest BCUT2D eigenvalue weighted by atomic mass is 9.88. The minimum atomic E-state index is 0.0532. The number of hydrogen-bond donors (Lipinski definition) is 1. The van der Waals surface area contributed by atoms with Crippen LogP contribution < -0.4 is 0 Å². The summed E-state index contributed by atoms with van der Waals surface area (Å²) in [6.45, 7) is 2.13. The van der Waals surface area contributed by atoms with Gasteiger partial charge in [-0.2, -0.15) is 0 Å². The molecule has 0 radical (unpaired) electrons. The highest BCUT2D eigenvalue weighted by Crippen LogP contribution is 2.42. The standard InChI is InChI=1S/C26H25NO/c28-24-16-15-20-10-3-5-13-22(20)25(24)26(27-17-6-1-7-18-27)23-14-8-11-19-9-2-4-12-21(19)23/h2-5,8-16,26,28H,1,6-7,17-18H2/t26-/m0/s1. The molecule has 140 valence electrons. The van der Waals surface area contributed by atoms with Gasteiger partial charge < -0.3 is 5.11 Å². The quantitative estimate of drug-likeness (QED) is 0.461. The maximum absolute atomic E-state index is 11.0. The topological polar surface area (TPSA) is 23.5 Å². The highest BCUT2D eigenvalue weighted by Gasteiger charge is 2.29. The summed E-state index contributed by atoms with van der Waals surface area (Å²) in [5.74, 6) is 0.391. The lowest BCUT2D eigenvalue weighted by molar-refractivity contribution is 0.187. The number of phenols is 1. The van der Waals surface area contributed by atoms with Crippen LogP contribution in [0.3, 0.4) is 0 Å². The van der Waals surface area contributed by atoms with Crippen molar-refractivity contribution in [3.8, 4) is 5.75 Å². The van der Waals surface area contributed by atoms with Crippen molar-refractivity contribution in [1.29, 1.82) is 0 Å². The van der Waals surface area contributed by atoms with Crippen molar-refractivity contribution >= 4 is 21.5 Å². The predicted molar refractivity (Wildman–Crippen MR) is 117 cm³/mol. The van der Waals surface area contributed by atoms with E-state index in [4.69, 9.17) is 0 Å². The molecule has 1 aliphatic heterocycles. The Hall–Kier alpha value is -2.84. The molecule has 1 heterocycles. The van der Waals surface area contributed by atoms with Gasteiger partial charge in [0, 0.05) is 5.56 Å². The molecule has 1 saturated heterocycles. The number of fused-ring (bicyclic) bond motifs is 2. The van der Waals surface area contributed by atoms with E-state index in [1.165, 1.54) is 41.0 Å². The third-order valence-corrected chi connectivity index (χ3v) is 6.09. The van der Waals surface area contributed by atoms with E-state index >= 15 is 0 Å². The maximum atomic E-state index is 11.0. The molecule has 0 amide bonds. The van der Waals surface area contributed by atoms with Gasteiger partial charge >= 0.3 is 0 Å². The van der Waals surface area contributed by atoms with E-state index in [-0.39, 0.29) is 6.04 Å². The largest absolute Gasteiger partial charge is 0.508 e. The van der Waals surface area contributed by atoms with Crippen molar-refractivity contribution in [2.45, 2.75) is 25.3 Å². The minimum Gasteiger partial charge on any atom is -0.508 e. The van der Waals surface area contributed by atoms with Crippen molar-refractivity contribution in [3.63, 3.8) is 0 Å². The number of benzene rings is 4. The van der Waals surface area contributed by atoms with Crippen LogP contribution in [-0.2, 0) is 0 Å². The molecule has 1 atom stereocenters. The van der Waals surface area contributed by atoms with E-state index in [9.17, 15) is 5.11 Å². The number of piperidine rings is 1. The summed E-state index contributed by atoms with van der Waals surface area (Å²) >= 11 is 0. The van der Waals surface area contributed by atoms with Crippen LogP contribution in [0.2, 0.25) is 0 Å². The first kappa shape index (κ1) is 17.3. The molecule has 2 heteroatoms. The zero-order valence-corrected chi connectivity index (χ0v) is 16.0. The summed E-state index contributed by atoms with van der Waals surface area (Å²) in [6, 6.07) is 27.5. The van der Waals surface area contributed by atoms with Gasteiger partial charge in [-0.3, -0.25) is 4.90 Å². The zero-order valence-electron chi connectivity index (χ0n) is 16.0. The molecule has 0 aliphatic carbocycles. The Kier molecular flexibility index (Phi) is 4.50. The van der Waals surface area contributed by atoms with Gasteiger partial charge in [-0.25, -0.2) is 0 Å². The summed E-state index contributed by atoms with van der Waals surface area (Å²) in [7, 11) is 0. The smallest absolute Gasteiger partial charge is 0.121 e. The second kappa shape index (κ2) is 7.29. The molecular formula is C26H25NO. The first-order valence-corrected chi connectivity index (χ1v) is 10.3. The average Bonchev–Trinajstić information content (AvgIpc) is 2.76. The van der Waals surface area contributed by atoms with Crippen LogP contribution in [0.5, 0.6) is 5.75 Å². The number of hydrogen-bond acceptors (Lipinski definition) is 2. The molecule has 2 nitrogen and oxygen atoms in total. The van der Waals surface area contributed by atoms with Gasteiger partial charge in [0.25, 0.3) is 0 Å². The van der Waals surface area contributed by atoms with Crippen molar-refractivity contribution in [3.05, 3.63) is 90.0 Å². The molecule has 0 unspecified atom stereocenters. The molecule has 28 heavy (non-hydrogen) atoms. The Morgan fingerprint density at radius 1 is 0.643 bits per heavy atom. The predicted octanol–water partition coefficient (Wildman–Crippen LogP) is 6.27. The minimum absolute atomic E-state index is 0.0532. The first-order valence-electron chi connectivity index (χ1n) is 10.3. The lowest BCUT2D eigenvalue weighted by Gasteiger charge is -2.36. The van der Waals surface area contributed by atoms with E-state index in [2.05, 4.69) is 71.6 Å². The van der Waals surface area contributed by atoms with Gasteiger partial charge in [0.1, 0.15) is 5.75 Å². The molecule has 0 saturated carbocycles. The van der Waals surface area contributed by atoms with E-state index in [1.54, 1.807) is 0 Å².